The SMILES string of the molecule is c1cc(-c2cccc3oc4c5ccccc5ccc4c23)cc(N(c2ccc(-c3ccc4ccccc4c3)cc2)c2ccc(-c3ccc4c(c3)oc3ccccc34)cc2)c1. The van der Waals surface area contributed by atoms with Crippen molar-refractivity contribution in [2.45, 2.75) is 0 Å². The molecule has 3 nitrogen and oxygen atoms in total. The largest absolute Gasteiger partial charge is 0.456 e. The maximum Gasteiger partial charge on any atom is 0.143 e. The molecule has 0 atom stereocenters. The van der Waals surface area contributed by atoms with E-state index in [9.17, 15) is 0 Å². The summed E-state index contributed by atoms with van der Waals surface area (Å²) in [6, 6.07) is 75.8. The lowest BCUT2D eigenvalue weighted by Crippen LogP contribution is -2.10. The second-order valence-corrected chi connectivity index (χ2v) is 15.3. The predicted molar refractivity (Wildman–Crippen MR) is 247 cm³/mol. The second kappa shape index (κ2) is 13.4. The number of anilines is 3. The van der Waals surface area contributed by atoms with Gasteiger partial charge in [-0.25, -0.2) is 0 Å². The molecular formula is C56H35NO2. The quantitative estimate of drug-likeness (QED) is 0.169. The van der Waals surface area contributed by atoms with E-state index in [0.29, 0.717) is 0 Å². The van der Waals surface area contributed by atoms with Crippen LogP contribution in [0, 0.1) is 0 Å². The van der Waals surface area contributed by atoms with Crippen LogP contribution in [0.25, 0.3) is 98.8 Å². The van der Waals surface area contributed by atoms with Crippen LogP contribution in [0.5, 0.6) is 0 Å². The first-order valence-electron chi connectivity index (χ1n) is 20.1. The van der Waals surface area contributed by atoms with Gasteiger partial charge in [0.05, 0.1) is 0 Å². The van der Waals surface area contributed by atoms with Crippen molar-refractivity contribution in [3.63, 3.8) is 0 Å². The summed E-state index contributed by atoms with van der Waals surface area (Å²) in [6.45, 7) is 0. The molecule has 276 valence electrons. The smallest absolute Gasteiger partial charge is 0.143 e. The van der Waals surface area contributed by atoms with Gasteiger partial charge in [-0.1, -0.05) is 140 Å². The lowest BCUT2D eigenvalue weighted by Gasteiger charge is -2.26. The molecule has 0 spiro atoms. The van der Waals surface area contributed by atoms with Crippen molar-refractivity contribution in [1.29, 1.82) is 0 Å². The Kier molecular flexibility index (Phi) is 7.54. The highest BCUT2D eigenvalue weighted by Gasteiger charge is 2.18. The highest BCUT2D eigenvalue weighted by atomic mass is 16.3. The summed E-state index contributed by atoms with van der Waals surface area (Å²) in [6.07, 6.45) is 0. The Balaban J connectivity index is 0.971. The summed E-state index contributed by atoms with van der Waals surface area (Å²) in [5.41, 5.74) is 13.7. The van der Waals surface area contributed by atoms with E-state index < -0.39 is 0 Å². The number of fused-ring (bicyclic) bond motifs is 9. The average Bonchev–Trinajstić information content (AvgIpc) is 3.88. The topological polar surface area (TPSA) is 29.5 Å². The summed E-state index contributed by atoms with van der Waals surface area (Å²) in [5.74, 6) is 0. The minimum atomic E-state index is 0.886. The number of nitrogens with zero attached hydrogens (tertiary/aromatic N) is 1. The zero-order valence-electron chi connectivity index (χ0n) is 32.0. The van der Waals surface area contributed by atoms with Gasteiger partial charge in [-0.2, -0.15) is 0 Å². The molecule has 0 saturated carbocycles. The van der Waals surface area contributed by atoms with Crippen LogP contribution >= 0.6 is 0 Å². The third kappa shape index (κ3) is 5.59. The van der Waals surface area contributed by atoms with Crippen LogP contribution in [-0.4, -0.2) is 0 Å². The van der Waals surface area contributed by atoms with Crippen molar-refractivity contribution in [1.82, 2.24) is 0 Å². The van der Waals surface area contributed by atoms with E-state index in [4.69, 9.17) is 8.83 Å². The Morgan fingerprint density at radius 2 is 0.881 bits per heavy atom. The van der Waals surface area contributed by atoms with Crippen LogP contribution in [0.3, 0.4) is 0 Å². The van der Waals surface area contributed by atoms with Crippen LogP contribution in [-0.2, 0) is 0 Å². The number of hydrogen-bond donors (Lipinski definition) is 0. The Labute approximate surface area is 340 Å². The summed E-state index contributed by atoms with van der Waals surface area (Å²) in [7, 11) is 0. The molecule has 12 aromatic rings. The molecule has 10 aromatic carbocycles. The van der Waals surface area contributed by atoms with Gasteiger partial charge in [-0.05, 0) is 122 Å². The van der Waals surface area contributed by atoms with Crippen molar-refractivity contribution in [2.24, 2.45) is 0 Å². The minimum absolute atomic E-state index is 0.886. The number of para-hydroxylation sites is 1. The van der Waals surface area contributed by atoms with Crippen molar-refractivity contribution in [3.05, 3.63) is 212 Å². The fourth-order valence-corrected chi connectivity index (χ4v) is 8.93. The average molecular weight is 754 g/mol. The third-order valence-corrected chi connectivity index (χ3v) is 11.8. The number of rotatable bonds is 6. The van der Waals surface area contributed by atoms with Crippen LogP contribution in [0.15, 0.2) is 221 Å². The van der Waals surface area contributed by atoms with Gasteiger partial charge in [0, 0.05) is 44.0 Å². The second-order valence-electron chi connectivity index (χ2n) is 15.3. The van der Waals surface area contributed by atoms with Gasteiger partial charge in [0.25, 0.3) is 0 Å². The van der Waals surface area contributed by atoms with Gasteiger partial charge in [0.15, 0.2) is 0 Å². The van der Waals surface area contributed by atoms with Crippen molar-refractivity contribution >= 4 is 82.5 Å². The Bertz CT molecular complexity index is 3550. The first kappa shape index (κ1) is 33.3. The van der Waals surface area contributed by atoms with Gasteiger partial charge < -0.3 is 13.7 Å². The highest BCUT2D eigenvalue weighted by molar-refractivity contribution is 6.19. The van der Waals surface area contributed by atoms with E-state index in [2.05, 4.69) is 205 Å². The zero-order chi connectivity index (χ0) is 38.9. The lowest BCUT2D eigenvalue weighted by atomic mass is 9.97. The Morgan fingerprint density at radius 3 is 1.69 bits per heavy atom. The number of benzene rings is 10. The van der Waals surface area contributed by atoms with Gasteiger partial charge in [-0.3, -0.25) is 0 Å². The van der Waals surface area contributed by atoms with E-state index in [1.54, 1.807) is 0 Å². The van der Waals surface area contributed by atoms with Crippen LogP contribution < -0.4 is 4.90 Å². The molecule has 12 rings (SSSR count). The molecule has 0 aliphatic heterocycles. The maximum atomic E-state index is 6.59. The van der Waals surface area contributed by atoms with E-state index in [-0.39, 0.29) is 0 Å². The minimum Gasteiger partial charge on any atom is -0.456 e. The molecule has 0 unspecified atom stereocenters. The number of furan rings is 2. The molecule has 0 amide bonds. The zero-order valence-corrected chi connectivity index (χ0v) is 32.0. The third-order valence-electron chi connectivity index (χ3n) is 11.8. The Morgan fingerprint density at radius 1 is 0.288 bits per heavy atom. The Hall–Kier alpha value is -7.88. The van der Waals surface area contributed by atoms with E-state index in [0.717, 1.165) is 88.6 Å². The van der Waals surface area contributed by atoms with Gasteiger partial charge >= 0.3 is 0 Å². The molecule has 59 heavy (non-hydrogen) atoms. The van der Waals surface area contributed by atoms with Crippen molar-refractivity contribution in [2.75, 3.05) is 4.90 Å². The van der Waals surface area contributed by atoms with Crippen LogP contribution in [0.1, 0.15) is 0 Å². The van der Waals surface area contributed by atoms with E-state index in [1.165, 1.54) is 27.3 Å². The molecule has 2 heterocycles. The molecule has 2 aromatic heterocycles. The molecule has 0 radical (unpaired) electrons. The van der Waals surface area contributed by atoms with Crippen molar-refractivity contribution < 1.29 is 8.83 Å². The van der Waals surface area contributed by atoms with Crippen LogP contribution in [0.4, 0.5) is 17.1 Å². The first-order chi connectivity index (χ1) is 29.2. The molecule has 0 saturated heterocycles. The molecule has 3 heteroatoms. The molecule has 0 fully saturated rings. The summed E-state index contributed by atoms with van der Waals surface area (Å²) < 4.78 is 12.8. The standard InChI is InChI=1S/C56H35NO2/c1-2-11-40-33-41(20-19-36(40)9-1)37-21-27-44(28-22-37)57(45-29-23-38(24-30-45)42-26-31-50-49-15-5-6-17-52(49)58-54(50)35-42)46-13-7-12-43(34-46)47-16-8-18-53-55(47)51-32-25-39-10-3-4-14-48(39)56(51)59-53/h1-35H. The molecule has 0 N–H and O–H groups in total. The van der Waals surface area contributed by atoms with Gasteiger partial charge in [0.1, 0.15) is 22.3 Å². The fourth-order valence-electron chi connectivity index (χ4n) is 8.93. The van der Waals surface area contributed by atoms with Gasteiger partial charge in [0.2, 0.25) is 0 Å². The normalized spacial score (nSPS) is 11.7. The summed E-state index contributed by atoms with van der Waals surface area (Å²) >= 11 is 0. The highest BCUT2D eigenvalue weighted by Crippen LogP contribution is 2.43. The molecule has 0 bridgehead atoms. The van der Waals surface area contributed by atoms with Gasteiger partial charge in [-0.15, -0.1) is 0 Å². The van der Waals surface area contributed by atoms with E-state index in [1.807, 2.05) is 12.1 Å². The van der Waals surface area contributed by atoms with Crippen molar-refractivity contribution in [3.8, 4) is 33.4 Å². The summed E-state index contributed by atoms with van der Waals surface area (Å²) in [5, 5.41) is 9.30. The number of hydrogen-bond acceptors (Lipinski definition) is 3. The maximum absolute atomic E-state index is 6.59. The van der Waals surface area contributed by atoms with E-state index >= 15 is 0 Å². The predicted octanol–water partition coefficient (Wildman–Crippen LogP) is 16.3. The molecule has 0 aliphatic rings. The lowest BCUT2D eigenvalue weighted by molar-refractivity contribution is 0.669. The summed E-state index contributed by atoms with van der Waals surface area (Å²) in [4.78, 5) is 2.35. The monoisotopic (exact) mass is 753 g/mol. The molecular weight excluding hydrogens is 719 g/mol. The first-order valence-corrected chi connectivity index (χ1v) is 20.1. The van der Waals surface area contributed by atoms with Crippen LogP contribution in [0.2, 0.25) is 0 Å². The molecule has 0 aliphatic carbocycles. The fraction of sp³-hybridized carbons (Fsp3) is 0.